The van der Waals surface area contributed by atoms with Crippen LogP contribution in [0.3, 0.4) is 0 Å². The third kappa shape index (κ3) is 4.33. The van der Waals surface area contributed by atoms with Gasteiger partial charge in [-0.25, -0.2) is 9.97 Å². The van der Waals surface area contributed by atoms with Gasteiger partial charge >= 0.3 is 5.97 Å². The molecule has 0 spiro atoms. The van der Waals surface area contributed by atoms with Gasteiger partial charge in [0.05, 0.1) is 24.3 Å². The molecule has 2 rings (SSSR count). The first-order chi connectivity index (χ1) is 10.1. The molecule has 0 fully saturated rings. The van der Waals surface area contributed by atoms with E-state index in [2.05, 4.69) is 31.2 Å². The Balaban J connectivity index is 2.01. The summed E-state index contributed by atoms with van der Waals surface area (Å²) in [5, 5.41) is 4.81. The van der Waals surface area contributed by atoms with Gasteiger partial charge in [-0.1, -0.05) is 0 Å². The van der Waals surface area contributed by atoms with Gasteiger partial charge in [0.1, 0.15) is 4.60 Å². The molecule has 0 radical (unpaired) electrons. The predicted molar refractivity (Wildman–Crippen MR) is 82.3 cm³/mol. The Morgan fingerprint density at radius 1 is 1.48 bits per heavy atom. The second kappa shape index (κ2) is 7.28. The largest absolute Gasteiger partial charge is 0.466 e. The minimum Gasteiger partial charge on any atom is -0.466 e. The molecule has 110 valence electrons. The van der Waals surface area contributed by atoms with E-state index in [1.54, 1.807) is 30.6 Å². The van der Waals surface area contributed by atoms with Gasteiger partial charge in [0, 0.05) is 11.6 Å². The summed E-state index contributed by atoms with van der Waals surface area (Å²) in [5.74, 6) is -0.650. The molecule has 0 aliphatic heterocycles. The van der Waals surface area contributed by atoms with Crippen LogP contribution in [0, 0.1) is 0 Å². The summed E-state index contributed by atoms with van der Waals surface area (Å²) in [6, 6.07) is 3.33. The molecule has 0 saturated heterocycles. The van der Waals surface area contributed by atoms with Crippen molar-refractivity contribution in [1.29, 1.82) is 0 Å². The number of thiazole rings is 1. The number of carbonyl (C=O) groups excluding carboxylic acids is 2. The molecule has 8 heteroatoms. The fourth-order valence-electron chi connectivity index (χ4n) is 1.53. The summed E-state index contributed by atoms with van der Waals surface area (Å²) in [6.45, 7) is 2.08. The van der Waals surface area contributed by atoms with Gasteiger partial charge in [0.2, 0.25) is 0 Å². The summed E-state index contributed by atoms with van der Waals surface area (Å²) >= 11 is 4.47. The smallest absolute Gasteiger partial charge is 0.311 e. The van der Waals surface area contributed by atoms with Crippen LogP contribution >= 0.6 is 27.3 Å². The van der Waals surface area contributed by atoms with E-state index in [1.807, 2.05) is 0 Å². The third-order valence-electron chi connectivity index (χ3n) is 2.41. The normalized spacial score (nSPS) is 10.2. The number of anilines is 1. The van der Waals surface area contributed by atoms with Gasteiger partial charge in [-0.15, -0.1) is 11.3 Å². The van der Waals surface area contributed by atoms with Crippen LogP contribution in [0.2, 0.25) is 0 Å². The second-order valence-corrected chi connectivity index (χ2v) is 5.53. The van der Waals surface area contributed by atoms with Crippen molar-refractivity contribution in [2.45, 2.75) is 13.3 Å². The van der Waals surface area contributed by atoms with Gasteiger partial charge < -0.3 is 4.74 Å². The summed E-state index contributed by atoms with van der Waals surface area (Å²) in [7, 11) is 0. The number of amides is 1. The fraction of sp³-hybridized carbons (Fsp3) is 0.231. The van der Waals surface area contributed by atoms with Crippen LogP contribution in [0.1, 0.15) is 23.0 Å². The van der Waals surface area contributed by atoms with Gasteiger partial charge in [-0.05, 0) is 35.0 Å². The van der Waals surface area contributed by atoms with Gasteiger partial charge in [0.15, 0.2) is 5.13 Å². The highest BCUT2D eigenvalue weighted by molar-refractivity contribution is 9.10. The minimum atomic E-state index is -0.337. The first kappa shape index (κ1) is 15.6. The van der Waals surface area contributed by atoms with E-state index in [0.29, 0.717) is 27.6 Å². The van der Waals surface area contributed by atoms with E-state index in [0.717, 1.165) is 0 Å². The van der Waals surface area contributed by atoms with Crippen molar-refractivity contribution in [2.24, 2.45) is 0 Å². The molecule has 21 heavy (non-hydrogen) atoms. The van der Waals surface area contributed by atoms with E-state index in [9.17, 15) is 9.59 Å². The molecule has 0 aliphatic rings. The molecule has 2 heterocycles. The molecular weight excluding hydrogens is 358 g/mol. The van der Waals surface area contributed by atoms with E-state index < -0.39 is 0 Å². The van der Waals surface area contributed by atoms with E-state index in [-0.39, 0.29) is 18.3 Å². The predicted octanol–water partition coefficient (Wildman–Crippen LogP) is 2.66. The van der Waals surface area contributed by atoms with Crippen molar-refractivity contribution in [1.82, 2.24) is 9.97 Å². The molecule has 2 aromatic heterocycles. The number of halogens is 1. The second-order valence-electron chi connectivity index (χ2n) is 3.92. The Labute approximate surface area is 133 Å². The summed E-state index contributed by atoms with van der Waals surface area (Å²) in [4.78, 5) is 31.6. The number of hydrogen-bond acceptors (Lipinski definition) is 6. The summed E-state index contributed by atoms with van der Waals surface area (Å²) in [5.41, 5.74) is 0.985. The summed E-state index contributed by atoms with van der Waals surface area (Å²) in [6.07, 6.45) is 1.68. The maximum atomic E-state index is 12.1. The fourth-order valence-corrected chi connectivity index (χ4v) is 2.66. The van der Waals surface area contributed by atoms with Crippen molar-refractivity contribution < 1.29 is 14.3 Å². The first-order valence-corrected chi connectivity index (χ1v) is 7.79. The Bertz CT molecular complexity index is 660. The maximum absolute atomic E-state index is 12.1. The topological polar surface area (TPSA) is 81.2 Å². The van der Waals surface area contributed by atoms with Gasteiger partial charge in [-0.2, -0.15) is 0 Å². The number of ether oxygens (including phenoxy) is 1. The average molecular weight is 370 g/mol. The first-order valence-electron chi connectivity index (χ1n) is 6.12. The lowest BCUT2D eigenvalue weighted by atomic mass is 10.3. The number of hydrogen-bond donors (Lipinski definition) is 1. The Morgan fingerprint density at radius 2 is 2.29 bits per heavy atom. The van der Waals surface area contributed by atoms with Crippen LogP contribution in [-0.2, 0) is 16.0 Å². The molecule has 2 aromatic rings. The molecule has 0 atom stereocenters. The molecule has 0 aromatic carbocycles. The molecule has 0 bridgehead atoms. The van der Waals surface area contributed by atoms with Gasteiger partial charge in [0.25, 0.3) is 5.91 Å². The zero-order valence-corrected chi connectivity index (χ0v) is 13.5. The number of rotatable bonds is 5. The Hall–Kier alpha value is -1.80. The van der Waals surface area contributed by atoms with Crippen LogP contribution in [0.25, 0.3) is 0 Å². The van der Waals surface area contributed by atoms with Crippen LogP contribution in [0.4, 0.5) is 5.13 Å². The molecule has 0 saturated carbocycles. The number of esters is 1. The van der Waals surface area contributed by atoms with E-state index >= 15 is 0 Å². The quantitative estimate of drug-likeness (QED) is 0.647. The highest BCUT2D eigenvalue weighted by Gasteiger charge is 2.13. The van der Waals surface area contributed by atoms with Crippen LogP contribution < -0.4 is 5.32 Å². The van der Waals surface area contributed by atoms with Crippen LogP contribution in [0.15, 0.2) is 28.3 Å². The highest BCUT2D eigenvalue weighted by atomic mass is 79.9. The van der Waals surface area contributed by atoms with E-state index in [4.69, 9.17) is 4.74 Å². The van der Waals surface area contributed by atoms with Crippen molar-refractivity contribution in [3.8, 4) is 0 Å². The number of nitrogens with one attached hydrogen (secondary N) is 1. The Morgan fingerprint density at radius 3 is 3.00 bits per heavy atom. The number of nitrogens with zero attached hydrogens (tertiary/aromatic N) is 2. The minimum absolute atomic E-state index is 0.0940. The SMILES string of the molecule is CCOC(=O)Cc1csc(NC(=O)c2cccnc2Br)n1. The average Bonchev–Trinajstić information content (AvgIpc) is 2.86. The number of pyridine rings is 1. The standard InChI is InChI=1S/C13H12BrN3O3S/c1-2-20-10(18)6-8-7-21-13(16-8)17-12(19)9-4-3-5-15-11(9)14/h3-5,7H,2,6H2,1H3,(H,16,17,19). The molecule has 1 N–H and O–H groups in total. The monoisotopic (exact) mass is 369 g/mol. The van der Waals surface area contributed by atoms with Crippen molar-refractivity contribution in [3.05, 3.63) is 39.6 Å². The molecule has 6 nitrogen and oxygen atoms in total. The Kier molecular flexibility index (Phi) is 5.40. The number of carbonyl (C=O) groups is 2. The van der Waals surface area contributed by atoms with E-state index in [1.165, 1.54) is 11.3 Å². The van der Waals surface area contributed by atoms with Crippen molar-refractivity contribution >= 4 is 44.3 Å². The molecule has 0 unspecified atom stereocenters. The molecule has 1 amide bonds. The maximum Gasteiger partial charge on any atom is 0.311 e. The molecular formula is C13H12BrN3O3S. The lowest BCUT2D eigenvalue weighted by Gasteiger charge is -2.02. The van der Waals surface area contributed by atoms with Crippen LogP contribution in [-0.4, -0.2) is 28.5 Å². The van der Waals surface area contributed by atoms with Crippen molar-refractivity contribution in [3.63, 3.8) is 0 Å². The lowest BCUT2D eigenvalue weighted by molar-refractivity contribution is -0.142. The van der Waals surface area contributed by atoms with Gasteiger partial charge in [-0.3, -0.25) is 14.9 Å². The highest BCUT2D eigenvalue weighted by Crippen LogP contribution is 2.19. The zero-order valence-electron chi connectivity index (χ0n) is 11.1. The lowest BCUT2D eigenvalue weighted by Crippen LogP contribution is -2.13. The van der Waals surface area contributed by atoms with Crippen molar-refractivity contribution in [2.75, 3.05) is 11.9 Å². The molecule has 0 aliphatic carbocycles. The number of aromatic nitrogens is 2. The third-order valence-corrected chi connectivity index (χ3v) is 3.85. The summed E-state index contributed by atoms with van der Waals surface area (Å²) < 4.78 is 5.31. The zero-order chi connectivity index (χ0) is 15.2. The van der Waals surface area contributed by atoms with Crippen LogP contribution in [0.5, 0.6) is 0 Å².